The zero-order chi connectivity index (χ0) is 15.2. The van der Waals surface area contributed by atoms with Crippen LogP contribution in [0.5, 0.6) is 0 Å². The van der Waals surface area contributed by atoms with Crippen LogP contribution < -0.4 is 11.3 Å². The largest absolute Gasteiger partial charge is 0.377 e. The fraction of sp³-hybridized carbons (Fsp3) is 1.00. The zero-order valence-electron chi connectivity index (χ0n) is 13.0. The van der Waals surface area contributed by atoms with Gasteiger partial charge in [-0.05, 0) is 31.6 Å². The van der Waals surface area contributed by atoms with E-state index in [-0.39, 0.29) is 23.1 Å². The summed E-state index contributed by atoms with van der Waals surface area (Å²) in [6.07, 6.45) is 5.70. The van der Waals surface area contributed by atoms with Gasteiger partial charge in [-0.3, -0.25) is 11.3 Å². The third kappa shape index (κ3) is 4.69. The summed E-state index contributed by atoms with van der Waals surface area (Å²) in [7, 11) is -1.16. The molecule has 0 aromatic heterocycles. The standard InChI is InChI=1S/C14H30N2O3S/c1-4-20(17,18)10-6-8-13(16-15)14(19-3)9-5-7-12(2)11-14/h12-13,16H,4-11,15H2,1-3H3. The van der Waals surface area contributed by atoms with Crippen molar-refractivity contribution >= 4 is 9.84 Å². The normalized spacial score (nSPS) is 29.3. The fourth-order valence-corrected chi connectivity index (χ4v) is 4.23. The molecule has 5 nitrogen and oxygen atoms in total. The van der Waals surface area contributed by atoms with Crippen molar-refractivity contribution in [3.05, 3.63) is 0 Å². The second-order valence-corrected chi connectivity index (χ2v) is 8.54. The minimum absolute atomic E-state index is 0.0160. The van der Waals surface area contributed by atoms with Crippen LogP contribution in [0.2, 0.25) is 0 Å². The number of hydrazine groups is 1. The molecule has 0 spiro atoms. The molecule has 0 bridgehead atoms. The Morgan fingerprint density at radius 3 is 2.70 bits per heavy atom. The summed E-state index contributed by atoms with van der Waals surface area (Å²) in [6, 6.07) is 0.0160. The zero-order valence-corrected chi connectivity index (χ0v) is 13.8. The molecular formula is C14H30N2O3S. The molecule has 0 heterocycles. The Hall–Kier alpha value is -0.170. The van der Waals surface area contributed by atoms with E-state index in [9.17, 15) is 8.42 Å². The number of hydrogen-bond acceptors (Lipinski definition) is 5. The van der Waals surface area contributed by atoms with Gasteiger partial charge in [-0.1, -0.05) is 26.7 Å². The molecular weight excluding hydrogens is 276 g/mol. The summed E-state index contributed by atoms with van der Waals surface area (Å²) in [6.45, 7) is 3.93. The molecule has 1 rings (SSSR count). The van der Waals surface area contributed by atoms with Gasteiger partial charge in [0.2, 0.25) is 0 Å². The van der Waals surface area contributed by atoms with Gasteiger partial charge in [0, 0.05) is 12.9 Å². The van der Waals surface area contributed by atoms with Crippen LogP contribution in [-0.4, -0.2) is 38.7 Å². The molecule has 0 aliphatic heterocycles. The SMILES string of the molecule is CCS(=O)(=O)CCCC(NN)C1(OC)CCCC(C)C1. The number of methoxy groups -OCH3 is 1. The highest BCUT2D eigenvalue weighted by Gasteiger charge is 2.41. The smallest absolute Gasteiger partial charge is 0.150 e. The lowest BCUT2D eigenvalue weighted by Gasteiger charge is -2.44. The maximum Gasteiger partial charge on any atom is 0.150 e. The maximum atomic E-state index is 11.6. The van der Waals surface area contributed by atoms with E-state index in [2.05, 4.69) is 12.3 Å². The monoisotopic (exact) mass is 306 g/mol. The second-order valence-electron chi connectivity index (χ2n) is 6.07. The van der Waals surface area contributed by atoms with E-state index in [1.165, 1.54) is 6.42 Å². The fourth-order valence-electron chi connectivity index (χ4n) is 3.34. The Labute approximate surface area is 123 Å². The molecule has 3 atom stereocenters. The lowest BCUT2D eigenvalue weighted by atomic mass is 9.73. The van der Waals surface area contributed by atoms with Gasteiger partial charge in [0.25, 0.3) is 0 Å². The molecule has 0 aromatic rings. The minimum atomic E-state index is -2.90. The number of hydrogen-bond donors (Lipinski definition) is 2. The summed E-state index contributed by atoms with van der Waals surface area (Å²) < 4.78 is 28.9. The van der Waals surface area contributed by atoms with Crippen molar-refractivity contribution in [2.24, 2.45) is 11.8 Å². The van der Waals surface area contributed by atoms with E-state index in [0.29, 0.717) is 12.3 Å². The molecule has 0 amide bonds. The lowest BCUT2D eigenvalue weighted by molar-refractivity contribution is -0.0810. The summed E-state index contributed by atoms with van der Waals surface area (Å²) in [4.78, 5) is 0. The average molecular weight is 306 g/mol. The van der Waals surface area contributed by atoms with Crippen LogP contribution in [-0.2, 0) is 14.6 Å². The first-order valence-corrected chi connectivity index (χ1v) is 9.43. The molecule has 0 saturated heterocycles. The second kappa shape index (κ2) is 7.73. The number of nitrogens with two attached hydrogens (primary N) is 1. The van der Waals surface area contributed by atoms with Gasteiger partial charge in [-0.15, -0.1) is 0 Å². The van der Waals surface area contributed by atoms with Crippen molar-refractivity contribution in [1.82, 2.24) is 5.43 Å². The van der Waals surface area contributed by atoms with E-state index in [1.54, 1.807) is 14.0 Å². The Morgan fingerprint density at radius 1 is 1.50 bits per heavy atom. The Bertz CT molecular complexity index is 386. The van der Waals surface area contributed by atoms with E-state index in [1.807, 2.05) is 0 Å². The third-order valence-corrected chi connectivity index (χ3v) is 6.41. The number of nitrogens with one attached hydrogen (secondary N) is 1. The van der Waals surface area contributed by atoms with Gasteiger partial charge in [0.05, 0.1) is 17.4 Å². The molecule has 1 saturated carbocycles. The van der Waals surface area contributed by atoms with E-state index >= 15 is 0 Å². The quantitative estimate of drug-likeness (QED) is 0.526. The number of rotatable bonds is 8. The van der Waals surface area contributed by atoms with Crippen molar-refractivity contribution in [3.63, 3.8) is 0 Å². The van der Waals surface area contributed by atoms with Gasteiger partial charge in [-0.25, -0.2) is 8.42 Å². The van der Waals surface area contributed by atoms with Crippen molar-refractivity contribution in [2.45, 2.75) is 64.0 Å². The first-order chi connectivity index (χ1) is 9.39. The molecule has 3 unspecified atom stereocenters. The maximum absolute atomic E-state index is 11.6. The summed E-state index contributed by atoms with van der Waals surface area (Å²) in [5.74, 6) is 6.78. The van der Waals surface area contributed by atoms with E-state index in [0.717, 1.165) is 25.7 Å². The summed E-state index contributed by atoms with van der Waals surface area (Å²) in [5, 5.41) is 0. The van der Waals surface area contributed by atoms with Crippen molar-refractivity contribution < 1.29 is 13.2 Å². The Balaban J connectivity index is 2.63. The van der Waals surface area contributed by atoms with Crippen LogP contribution in [0.1, 0.15) is 52.4 Å². The van der Waals surface area contributed by atoms with Crippen LogP contribution >= 0.6 is 0 Å². The highest BCUT2D eigenvalue weighted by molar-refractivity contribution is 7.91. The van der Waals surface area contributed by atoms with Gasteiger partial charge in [-0.2, -0.15) is 0 Å². The number of ether oxygens (including phenoxy) is 1. The number of sulfone groups is 1. The molecule has 120 valence electrons. The predicted octanol–water partition coefficient (Wildman–Crippen LogP) is 1.63. The molecule has 1 aliphatic rings. The van der Waals surface area contributed by atoms with Crippen LogP contribution in [0.25, 0.3) is 0 Å². The minimum Gasteiger partial charge on any atom is -0.377 e. The Morgan fingerprint density at radius 2 is 2.20 bits per heavy atom. The van der Waals surface area contributed by atoms with Gasteiger partial charge in [0.15, 0.2) is 0 Å². The van der Waals surface area contributed by atoms with Crippen molar-refractivity contribution in [3.8, 4) is 0 Å². The average Bonchev–Trinajstić information content (AvgIpc) is 2.43. The van der Waals surface area contributed by atoms with Crippen LogP contribution in [0.4, 0.5) is 0 Å². The molecule has 6 heteroatoms. The van der Waals surface area contributed by atoms with Gasteiger partial charge in [0.1, 0.15) is 9.84 Å². The van der Waals surface area contributed by atoms with Crippen LogP contribution in [0.3, 0.4) is 0 Å². The molecule has 20 heavy (non-hydrogen) atoms. The highest BCUT2D eigenvalue weighted by Crippen LogP contribution is 2.38. The molecule has 1 fully saturated rings. The van der Waals surface area contributed by atoms with Crippen molar-refractivity contribution in [1.29, 1.82) is 0 Å². The van der Waals surface area contributed by atoms with E-state index in [4.69, 9.17) is 10.6 Å². The third-order valence-electron chi connectivity index (χ3n) is 4.62. The first-order valence-electron chi connectivity index (χ1n) is 7.61. The highest BCUT2D eigenvalue weighted by atomic mass is 32.2. The van der Waals surface area contributed by atoms with Crippen LogP contribution in [0.15, 0.2) is 0 Å². The molecule has 1 aliphatic carbocycles. The predicted molar refractivity (Wildman–Crippen MR) is 82.0 cm³/mol. The Kier molecular flexibility index (Phi) is 6.91. The van der Waals surface area contributed by atoms with Crippen molar-refractivity contribution in [2.75, 3.05) is 18.6 Å². The first kappa shape index (κ1) is 17.9. The topological polar surface area (TPSA) is 81.4 Å². The van der Waals surface area contributed by atoms with E-state index < -0.39 is 9.84 Å². The molecule has 3 N–H and O–H groups in total. The summed E-state index contributed by atoms with van der Waals surface area (Å²) >= 11 is 0. The van der Waals surface area contributed by atoms with Gasteiger partial charge >= 0.3 is 0 Å². The lowest BCUT2D eigenvalue weighted by Crippen LogP contribution is -2.56. The van der Waals surface area contributed by atoms with Crippen LogP contribution in [0, 0.1) is 5.92 Å². The molecule has 0 radical (unpaired) electrons. The van der Waals surface area contributed by atoms with Gasteiger partial charge < -0.3 is 4.74 Å². The summed E-state index contributed by atoms with van der Waals surface area (Å²) in [5.41, 5.74) is 2.62. The molecule has 0 aromatic carbocycles.